The largest absolute Gasteiger partial charge is 0.480 e. The van der Waals surface area contributed by atoms with Gasteiger partial charge in [-0.2, -0.15) is 0 Å². The van der Waals surface area contributed by atoms with Crippen LogP contribution in [-0.2, 0) is 38.4 Å². The first-order chi connectivity index (χ1) is 17.7. The molecule has 4 unspecified atom stereocenters. The van der Waals surface area contributed by atoms with Crippen LogP contribution >= 0.6 is 0 Å². The van der Waals surface area contributed by atoms with Crippen molar-refractivity contribution in [1.82, 2.24) is 21.4 Å². The number of aliphatic carboxylic acids is 4. The summed E-state index contributed by atoms with van der Waals surface area (Å²) >= 11 is 0. The second-order valence-electron chi connectivity index (χ2n) is 8.05. The second-order valence-corrected chi connectivity index (χ2v) is 8.05. The van der Waals surface area contributed by atoms with Crippen molar-refractivity contribution in [3.05, 3.63) is 0 Å². The Bertz CT molecular complexity index is 911. The summed E-state index contributed by atoms with van der Waals surface area (Å²) in [4.78, 5) is 91.8. The van der Waals surface area contributed by atoms with E-state index in [4.69, 9.17) is 21.8 Å². The van der Waals surface area contributed by atoms with Gasteiger partial charge in [0.2, 0.25) is 23.6 Å². The molecule has 0 aliphatic carbocycles. The fourth-order valence-electron chi connectivity index (χ4n) is 2.96. The molecular formula is C20H32N6O12. The van der Waals surface area contributed by atoms with E-state index in [2.05, 4.69) is 16.0 Å². The lowest BCUT2D eigenvalue weighted by molar-refractivity contribution is -0.144. The van der Waals surface area contributed by atoms with Gasteiger partial charge in [0.1, 0.15) is 24.2 Å². The summed E-state index contributed by atoms with van der Waals surface area (Å²) in [5, 5.41) is 42.9. The molecule has 0 saturated heterocycles. The molecule has 0 aliphatic heterocycles. The van der Waals surface area contributed by atoms with Gasteiger partial charge in [0.15, 0.2) is 0 Å². The third kappa shape index (κ3) is 14.3. The molecule has 0 aromatic heterocycles. The number of carbonyl (C=O) groups excluding carboxylic acids is 4. The van der Waals surface area contributed by atoms with E-state index < -0.39 is 97.4 Å². The fraction of sp³-hybridized carbons (Fsp3) is 0.600. The quantitative estimate of drug-likeness (QED) is 0.0515. The molecule has 18 heteroatoms. The molecule has 12 N–H and O–H groups in total. The lowest BCUT2D eigenvalue weighted by Gasteiger charge is -2.18. The summed E-state index contributed by atoms with van der Waals surface area (Å²) in [5.74, 6) is -4.06. The zero-order chi connectivity index (χ0) is 29.4. The Balaban J connectivity index is 4.81. The van der Waals surface area contributed by atoms with Crippen molar-refractivity contribution in [1.29, 1.82) is 0 Å². The van der Waals surface area contributed by atoms with Crippen LogP contribution in [-0.4, -0.2) is 92.1 Å². The third-order valence-electron chi connectivity index (χ3n) is 5.06. The highest BCUT2D eigenvalue weighted by molar-refractivity contribution is 5.87. The minimum Gasteiger partial charge on any atom is -0.480 e. The molecule has 0 rings (SSSR count). The maximum atomic E-state index is 12.2. The first-order valence-electron chi connectivity index (χ1n) is 11.2. The van der Waals surface area contributed by atoms with Crippen LogP contribution in [0.3, 0.4) is 0 Å². The van der Waals surface area contributed by atoms with Crippen LogP contribution in [0.1, 0.15) is 51.4 Å². The van der Waals surface area contributed by atoms with Gasteiger partial charge in [0.05, 0.1) is 0 Å². The zero-order valence-corrected chi connectivity index (χ0v) is 20.2. The molecule has 214 valence electrons. The molecule has 0 spiro atoms. The molecule has 0 bridgehead atoms. The summed E-state index contributed by atoms with van der Waals surface area (Å²) in [7, 11) is 0. The first-order valence-corrected chi connectivity index (χ1v) is 11.2. The van der Waals surface area contributed by atoms with Crippen molar-refractivity contribution in [3.8, 4) is 0 Å². The zero-order valence-electron chi connectivity index (χ0n) is 20.2. The Morgan fingerprint density at radius 3 is 1.00 bits per heavy atom. The van der Waals surface area contributed by atoms with Gasteiger partial charge in [0, 0.05) is 25.7 Å². The maximum absolute atomic E-state index is 12.2. The molecule has 38 heavy (non-hydrogen) atoms. The average Bonchev–Trinajstić information content (AvgIpc) is 2.81. The number of nitrogens with one attached hydrogen (secondary N) is 4. The van der Waals surface area contributed by atoms with Crippen molar-refractivity contribution in [2.24, 2.45) is 11.6 Å². The van der Waals surface area contributed by atoms with E-state index in [0.29, 0.717) is 0 Å². The van der Waals surface area contributed by atoms with Crippen LogP contribution in [0.5, 0.6) is 0 Å². The number of hydrazine groups is 1. The minimum absolute atomic E-state index is 0.239. The summed E-state index contributed by atoms with van der Waals surface area (Å²) in [6.45, 7) is 0. The molecule has 0 aromatic rings. The fourth-order valence-corrected chi connectivity index (χ4v) is 2.96. The van der Waals surface area contributed by atoms with Crippen LogP contribution < -0.4 is 33.0 Å². The predicted octanol–water partition coefficient (Wildman–Crippen LogP) is -3.78. The van der Waals surface area contributed by atoms with Crippen molar-refractivity contribution in [2.75, 3.05) is 0 Å². The smallest absolute Gasteiger partial charge is 0.326 e. The van der Waals surface area contributed by atoms with Crippen LogP contribution in [0.4, 0.5) is 0 Å². The van der Waals surface area contributed by atoms with Gasteiger partial charge < -0.3 is 42.1 Å². The number of rotatable bonds is 20. The van der Waals surface area contributed by atoms with Crippen molar-refractivity contribution < 1.29 is 58.8 Å². The minimum atomic E-state index is -1.57. The standard InChI is InChI=1S/C20H32N6O12/c21-13(27)5-1-9(17(31)32)23-14(28)6-2-10(18(33)34)24-15(29)7-3-11(19(35)36)25-16(30)8-4-12(26-22)20(37)38/h9-12,26H,1-8,22H2,(H2,21,27)(H,23,28)(H,24,29)(H,25,30)(H,31,32)(H,33,34)(H,35,36)(H,37,38). The highest BCUT2D eigenvalue weighted by Crippen LogP contribution is 2.05. The predicted molar refractivity (Wildman–Crippen MR) is 124 cm³/mol. The Labute approximate surface area is 215 Å². The molecule has 0 aliphatic rings. The van der Waals surface area contributed by atoms with Crippen LogP contribution in [0, 0.1) is 0 Å². The van der Waals surface area contributed by atoms with Gasteiger partial charge in [-0.25, -0.2) is 19.8 Å². The summed E-state index contributed by atoms with van der Waals surface area (Å²) < 4.78 is 0. The van der Waals surface area contributed by atoms with Gasteiger partial charge in [0.25, 0.3) is 0 Å². The Morgan fingerprint density at radius 2 is 0.763 bits per heavy atom. The normalized spacial score (nSPS) is 13.7. The van der Waals surface area contributed by atoms with Crippen molar-refractivity contribution in [2.45, 2.75) is 75.5 Å². The van der Waals surface area contributed by atoms with Gasteiger partial charge in [-0.1, -0.05) is 0 Å². The number of amides is 4. The third-order valence-corrected chi connectivity index (χ3v) is 5.06. The van der Waals surface area contributed by atoms with Crippen LogP contribution in [0.25, 0.3) is 0 Å². The van der Waals surface area contributed by atoms with E-state index in [1.165, 1.54) is 0 Å². The number of hydrogen-bond acceptors (Lipinski definition) is 10. The Hall–Kier alpha value is -4.32. The molecule has 0 fully saturated rings. The Morgan fingerprint density at radius 1 is 0.500 bits per heavy atom. The maximum Gasteiger partial charge on any atom is 0.326 e. The molecule has 0 saturated carbocycles. The molecule has 4 atom stereocenters. The number of carbonyl (C=O) groups is 8. The van der Waals surface area contributed by atoms with Crippen LogP contribution in [0.2, 0.25) is 0 Å². The molecule has 0 aromatic carbocycles. The number of nitrogens with two attached hydrogens (primary N) is 2. The lowest BCUT2D eigenvalue weighted by atomic mass is 10.1. The first kappa shape index (κ1) is 33.7. The number of primary amides is 1. The van der Waals surface area contributed by atoms with E-state index >= 15 is 0 Å². The summed E-state index contributed by atoms with van der Waals surface area (Å²) in [6.07, 6.45) is -3.10. The lowest BCUT2D eigenvalue weighted by Crippen LogP contribution is -2.45. The topological polar surface area (TPSA) is 318 Å². The molecular weight excluding hydrogens is 516 g/mol. The molecule has 18 nitrogen and oxygen atoms in total. The van der Waals surface area contributed by atoms with E-state index in [-0.39, 0.29) is 25.7 Å². The van der Waals surface area contributed by atoms with Crippen molar-refractivity contribution in [3.63, 3.8) is 0 Å². The second kappa shape index (κ2) is 17.2. The average molecular weight is 549 g/mol. The number of carboxylic acid groups (broad SMARTS) is 4. The van der Waals surface area contributed by atoms with Gasteiger partial charge in [-0.15, -0.1) is 0 Å². The highest BCUT2D eigenvalue weighted by Gasteiger charge is 2.26. The summed E-state index contributed by atoms with van der Waals surface area (Å²) in [6, 6.07) is -5.78. The highest BCUT2D eigenvalue weighted by atomic mass is 16.4. The number of carboxylic acids is 4. The van der Waals surface area contributed by atoms with E-state index in [9.17, 15) is 48.6 Å². The van der Waals surface area contributed by atoms with Gasteiger partial charge in [-0.05, 0) is 25.7 Å². The number of hydrogen-bond donors (Lipinski definition) is 10. The van der Waals surface area contributed by atoms with E-state index in [1.807, 2.05) is 5.43 Å². The van der Waals surface area contributed by atoms with Gasteiger partial charge in [-0.3, -0.25) is 29.8 Å². The summed E-state index contributed by atoms with van der Waals surface area (Å²) in [5.41, 5.74) is 6.92. The van der Waals surface area contributed by atoms with E-state index in [1.54, 1.807) is 0 Å². The molecule has 0 heterocycles. The van der Waals surface area contributed by atoms with Crippen molar-refractivity contribution >= 4 is 47.5 Å². The Kier molecular flexibility index (Phi) is 15.2. The van der Waals surface area contributed by atoms with Crippen LogP contribution in [0.15, 0.2) is 0 Å². The van der Waals surface area contributed by atoms with E-state index in [0.717, 1.165) is 0 Å². The van der Waals surface area contributed by atoms with Gasteiger partial charge >= 0.3 is 23.9 Å². The molecule has 4 amide bonds. The molecule has 0 radical (unpaired) electrons. The monoisotopic (exact) mass is 548 g/mol. The SMILES string of the molecule is NNC(CCC(=O)NC(CCC(=O)NC(CCC(=O)NC(CCC(N)=O)C(=O)O)C(=O)O)C(=O)O)C(=O)O.